The maximum absolute atomic E-state index is 13.0. The number of imidazole rings is 1. The Kier molecular flexibility index (Phi) is 5.78. The van der Waals surface area contributed by atoms with Gasteiger partial charge in [-0.3, -0.25) is 0 Å². The smallest absolute Gasteiger partial charge is 0.396 e. The molecule has 3 aromatic heterocycles. The number of fused-ring (bicyclic) bond motifs is 1. The van der Waals surface area contributed by atoms with Crippen molar-refractivity contribution in [2.75, 3.05) is 29.9 Å². The van der Waals surface area contributed by atoms with Crippen LogP contribution >= 0.6 is 0 Å². The van der Waals surface area contributed by atoms with Crippen LogP contribution in [-0.2, 0) is 6.18 Å². The molecule has 1 saturated heterocycles. The number of rotatable bonds is 5. The second-order valence-electron chi connectivity index (χ2n) is 8.75. The summed E-state index contributed by atoms with van der Waals surface area (Å²) in [6.07, 6.45) is -1.45. The summed E-state index contributed by atoms with van der Waals surface area (Å²) in [5.41, 5.74) is 0.216. The highest BCUT2D eigenvalue weighted by Gasteiger charge is 2.42. The molecule has 4 heterocycles. The van der Waals surface area contributed by atoms with E-state index in [2.05, 4.69) is 25.3 Å². The van der Waals surface area contributed by atoms with Gasteiger partial charge in [0.05, 0.1) is 24.0 Å². The lowest BCUT2D eigenvalue weighted by Gasteiger charge is -2.19. The normalized spacial score (nSPS) is 27.6. The number of aliphatic hydroxyl groups is 3. The number of anilines is 2. The second-order valence-corrected chi connectivity index (χ2v) is 8.75. The molecule has 34 heavy (non-hydrogen) atoms. The molecule has 0 unspecified atom stereocenters. The van der Waals surface area contributed by atoms with Crippen molar-refractivity contribution >= 4 is 22.8 Å². The third-order valence-corrected chi connectivity index (χ3v) is 6.65. The first-order valence-electron chi connectivity index (χ1n) is 11.0. The van der Waals surface area contributed by atoms with E-state index in [9.17, 15) is 28.5 Å². The van der Waals surface area contributed by atoms with Crippen LogP contribution in [0.2, 0.25) is 0 Å². The maximum atomic E-state index is 13.0. The van der Waals surface area contributed by atoms with Gasteiger partial charge in [-0.15, -0.1) is 0 Å². The van der Waals surface area contributed by atoms with Crippen molar-refractivity contribution in [1.29, 1.82) is 0 Å². The van der Waals surface area contributed by atoms with Crippen molar-refractivity contribution in [3.05, 3.63) is 36.5 Å². The zero-order valence-corrected chi connectivity index (χ0v) is 18.0. The molecule has 2 fully saturated rings. The average Bonchev–Trinajstić information content (AvgIpc) is 3.52. The molecule has 0 spiro atoms. The predicted molar refractivity (Wildman–Crippen MR) is 115 cm³/mol. The molecule has 3 aromatic rings. The van der Waals surface area contributed by atoms with Gasteiger partial charge in [-0.25, -0.2) is 19.9 Å². The van der Waals surface area contributed by atoms with Crippen molar-refractivity contribution in [2.24, 2.45) is 5.92 Å². The quantitative estimate of drug-likeness (QED) is 0.426. The summed E-state index contributed by atoms with van der Waals surface area (Å²) in [7, 11) is 0. The summed E-state index contributed by atoms with van der Waals surface area (Å²) >= 11 is 0. The Bertz CT molecular complexity index is 1170. The molecule has 13 heteroatoms. The van der Waals surface area contributed by atoms with Gasteiger partial charge in [-0.1, -0.05) is 0 Å². The lowest BCUT2D eigenvalue weighted by molar-refractivity contribution is -0.137. The molecule has 2 aliphatic rings. The van der Waals surface area contributed by atoms with Crippen LogP contribution in [0.3, 0.4) is 0 Å². The molecule has 0 amide bonds. The van der Waals surface area contributed by atoms with Crippen molar-refractivity contribution in [3.8, 4) is 0 Å². The summed E-state index contributed by atoms with van der Waals surface area (Å²) in [6.45, 7) is 0.734. The number of hydrogen-bond acceptors (Lipinski definition) is 9. The van der Waals surface area contributed by atoms with Gasteiger partial charge in [-0.2, -0.15) is 13.2 Å². The Morgan fingerprint density at radius 3 is 2.68 bits per heavy atom. The number of nitrogens with zero attached hydrogens (tertiary/aromatic N) is 6. The second kappa shape index (κ2) is 8.64. The monoisotopic (exact) mass is 479 g/mol. The Labute approximate surface area is 192 Å². The van der Waals surface area contributed by atoms with Crippen LogP contribution in [0.15, 0.2) is 31.0 Å². The SMILES string of the molecule is OC[C@H]1C[C@@H](n2cnc3c(N[C@H]4CCN(c5cc(C(F)(F)F)ccn5)C4)ncnc32)[C@H](O)[C@@H]1O. The minimum atomic E-state index is -4.43. The van der Waals surface area contributed by atoms with E-state index in [1.165, 1.54) is 12.7 Å². The van der Waals surface area contributed by atoms with Crippen molar-refractivity contribution in [2.45, 2.75) is 43.3 Å². The third-order valence-electron chi connectivity index (χ3n) is 6.65. The van der Waals surface area contributed by atoms with Gasteiger partial charge < -0.3 is 30.1 Å². The average molecular weight is 479 g/mol. The number of alkyl halides is 3. The molecule has 4 N–H and O–H groups in total. The molecule has 0 bridgehead atoms. The Morgan fingerprint density at radius 2 is 1.94 bits per heavy atom. The summed E-state index contributed by atoms with van der Waals surface area (Å²) in [4.78, 5) is 18.9. The molecule has 182 valence electrons. The molecular weight excluding hydrogens is 455 g/mol. The van der Waals surface area contributed by atoms with Gasteiger partial charge in [0, 0.05) is 37.9 Å². The fourth-order valence-electron chi connectivity index (χ4n) is 4.80. The number of halogens is 3. The van der Waals surface area contributed by atoms with Crippen LogP contribution in [0.25, 0.3) is 11.2 Å². The van der Waals surface area contributed by atoms with Crippen LogP contribution < -0.4 is 10.2 Å². The third kappa shape index (κ3) is 4.03. The van der Waals surface area contributed by atoms with E-state index in [1.807, 2.05) is 0 Å². The largest absolute Gasteiger partial charge is 0.416 e. The number of aromatic nitrogens is 5. The number of hydrogen-bond donors (Lipinski definition) is 4. The molecule has 5 atom stereocenters. The van der Waals surface area contributed by atoms with Gasteiger partial charge >= 0.3 is 6.18 Å². The highest BCUT2D eigenvalue weighted by atomic mass is 19.4. The minimum absolute atomic E-state index is 0.0998. The van der Waals surface area contributed by atoms with E-state index in [0.717, 1.165) is 18.3 Å². The number of nitrogens with one attached hydrogen (secondary N) is 1. The molecule has 0 radical (unpaired) electrons. The van der Waals surface area contributed by atoms with Gasteiger partial charge in [0.2, 0.25) is 0 Å². The lowest BCUT2D eigenvalue weighted by atomic mass is 10.1. The van der Waals surface area contributed by atoms with Crippen LogP contribution in [0.4, 0.5) is 24.8 Å². The maximum Gasteiger partial charge on any atom is 0.416 e. The topological polar surface area (TPSA) is 132 Å². The van der Waals surface area contributed by atoms with Crippen LogP contribution in [0, 0.1) is 5.92 Å². The summed E-state index contributed by atoms with van der Waals surface area (Å²) < 4.78 is 40.8. The Balaban J connectivity index is 1.33. The van der Waals surface area contributed by atoms with E-state index < -0.39 is 35.9 Å². The molecule has 1 aliphatic heterocycles. The molecular formula is C21H24F3N7O3. The molecule has 10 nitrogen and oxygen atoms in total. The number of pyridine rings is 1. The minimum Gasteiger partial charge on any atom is -0.396 e. The van der Waals surface area contributed by atoms with E-state index in [-0.39, 0.29) is 18.5 Å². The van der Waals surface area contributed by atoms with Gasteiger partial charge in [0.1, 0.15) is 23.8 Å². The highest BCUT2D eigenvalue weighted by molar-refractivity contribution is 5.83. The fourth-order valence-corrected chi connectivity index (χ4v) is 4.80. The molecule has 1 saturated carbocycles. The van der Waals surface area contributed by atoms with Gasteiger partial charge in [0.15, 0.2) is 11.5 Å². The molecule has 5 rings (SSSR count). The predicted octanol–water partition coefficient (Wildman–Crippen LogP) is 1.21. The van der Waals surface area contributed by atoms with E-state index in [1.54, 1.807) is 9.47 Å². The van der Waals surface area contributed by atoms with E-state index in [0.29, 0.717) is 42.9 Å². The first-order valence-corrected chi connectivity index (χ1v) is 11.0. The Morgan fingerprint density at radius 1 is 1.12 bits per heavy atom. The van der Waals surface area contributed by atoms with E-state index >= 15 is 0 Å². The zero-order chi connectivity index (χ0) is 24.0. The summed E-state index contributed by atoms with van der Waals surface area (Å²) in [5, 5.41) is 33.4. The molecule has 0 aromatic carbocycles. The van der Waals surface area contributed by atoms with Gasteiger partial charge in [-0.05, 0) is 25.0 Å². The standard InChI is InChI=1S/C21H24F3N7O3/c22-21(23,24)12-1-3-25-15(6-12)30-4-2-13(7-30)29-19-16-20(27-9-26-19)31(10-28-16)14-5-11(8-32)17(33)18(14)34/h1,3,6,9-11,13-14,17-18,32-34H,2,4-5,7-8H2,(H,26,27,29)/t11-,13+,14-,17-,18+/m1/s1. The first-order chi connectivity index (χ1) is 16.3. The molecule has 1 aliphatic carbocycles. The van der Waals surface area contributed by atoms with Crippen molar-refractivity contribution in [3.63, 3.8) is 0 Å². The lowest BCUT2D eigenvalue weighted by Crippen LogP contribution is -2.30. The highest BCUT2D eigenvalue weighted by Crippen LogP contribution is 2.37. The summed E-state index contributed by atoms with van der Waals surface area (Å²) in [6, 6.07) is 1.41. The summed E-state index contributed by atoms with van der Waals surface area (Å²) in [5.74, 6) is 0.300. The van der Waals surface area contributed by atoms with Gasteiger partial charge in [0.25, 0.3) is 0 Å². The van der Waals surface area contributed by atoms with Crippen LogP contribution in [0.1, 0.15) is 24.4 Å². The zero-order valence-electron chi connectivity index (χ0n) is 18.0. The van der Waals surface area contributed by atoms with Crippen LogP contribution in [-0.4, -0.2) is 77.8 Å². The number of aliphatic hydroxyl groups excluding tert-OH is 3. The van der Waals surface area contributed by atoms with Crippen LogP contribution in [0.5, 0.6) is 0 Å². The van der Waals surface area contributed by atoms with Crippen molar-refractivity contribution < 1.29 is 28.5 Å². The first kappa shape index (κ1) is 22.7. The van der Waals surface area contributed by atoms with Crippen molar-refractivity contribution in [1.82, 2.24) is 24.5 Å². The van der Waals surface area contributed by atoms with E-state index in [4.69, 9.17) is 0 Å². The Hall–Kier alpha value is -3.03. The fraction of sp³-hybridized carbons (Fsp3) is 0.524.